The summed E-state index contributed by atoms with van der Waals surface area (Å²) in [6.07, 6.45) is 2.03. The van der Waals surface area contributed by atoms with Crippen LogP contribution in [0.15, 0.2) is 36.4 Å². The molecule has 2 aromatic rings. The van der Waals surface area contributed by atoms with Gasteiger partial charge >= 0.3 is 0 Å². The number of benzene rings is 2. The number of ether oxygens (including phenoxy) is 2. The first kappa shape index (κ1) is 20.3. The molecule has 3 aliphatic rings. The van der Waals surface area contributed by atoms with Crippen molar-refractivity contribution < 1.29 is 19.3 Å². The maximum atomic E-state index is 11.3. The van der Waals surface area contributed by atoms with E-state index in [9.17, 15) is 20.2 Å². The van der Waals surface area contributed by atoms with Crippen molar-refractivity contribution in [1.82, 2.24) is 0 Å². The number of fused-ring (bicyclic) bond motifs is 2. The van der Waals surface area contributed by atoms with Gasteiger partial charge in [0.25, 0.3) is 11.4 Å². The van der Waals surface area contributed by atoms with Crippen molar-refractivity contribution in [2.45, 2.75) is 51.5 Å². The van der Waals surface area contributed by atoms with Gasteiger partial charge in [-0.1, -0.05) is 20.8 Å². The molecule has 1 aliphatic carbocycles. The largest absolute Gasteiger partial charge is 0.460 e. The molecule has 1 fully saturated rings. The molecule has 0 bridgehead atoms. The fourth-order valence-corrected chi connectivity index (χ4v) is 5.00. The third-order valence-corrected chi connectivity index (χ3v) is 6.85. The van der Waals surface area contributed by atoms with E-state index < -0.39 is 21.3 Å². The number of nitro benzene ring substituents is 2. The van der Waals surface area contributed by atoms with Crippen LogP contribution in [-0.4, -0.2) is 21.3 Å². The van der Waals surface area contributed by atoms with E-state index >= 15 is 0 Å². The predicted octanol–water partition coefficient (Wildman–Crippen LogP) is 5.05. The van der Waals surface area contributed by atoms with E-state index in [1.807, 2.05) is 0 Å². The summed E-state index contributed by atoms with van der Waals surface area (Å²) in [5.41, 5.74) is -1.20. The smallest absolute Gasteiger partial charge is 0.271 e. The van der Waals surface area contributed by atoms with Crippen LogP contribution in [0.25, 0.3) is 0 Å². The van der Waals surface area contributed by atoms with Gasteiger partial charge in [-0.05, 0) is 29.9 Å². The number of hydrogen-bond acceptors (Lipinski definition) is 8. The van der Waals surface area contributed by atoms with E-state index in [2.05, 4.69) is 31.4 Å². The van der Waals surface area contributed by atoms with Crippen LogP contribution in [0.2, 0.25) is 0 Å². The Bertz CT molecular complexity index is 1150. The van der Waals surface area contributed by atoms with Gasteiger partial charge in [-0.3, -0.25) is 20.2 Å². The molecule has 1 saturated carbocycles. The first-order valence-electron chi connectivity index (χ1n) is 10.5. The van der Waals surface area contributed by atoms with Gasteiger partial charge in [0, 0.05) is 37.1 Å². The third-order valence-electron chi connectivity index (χ3n) is 6.85. The number of anilines is 2. The molecule has 2 aliphatic heterocycles. The summed E-state index contributed by atoms with van der Waals surface area (Å²) in [6, 6.07) is 8.83. The fourth-order valence-electron chi connectivity index (χ4n) is 5.00. The lowest BCUT2D eigenvalue weighted by molar-refractivity contribution is -0.385. The van der Waals surface area contributed by atoms with E-state index in [0.717, 1.165) is 6.42 Å². The quantitative estimate of drug-likeness (QED) is 0.490. The van der Waals surface area contributed by atoms with Crippen LogP contribution in [0.4, 0.5) is 22.7 Å². The van der Waals surface area contributed by atoms with Gasteiger partial charge in [-0.15, -0.1) is 0 Å². The van der Waals surface area contributed by atoms with Gasteiger partial charge in [-0.2, -0.15) is 0 Å². The Balaban J connectivity index is 1.64. The van der Waals surface area contributed by atoms with Gasteiger partial charge in [0.2, 0.25) is 11.4 Å². The number of nitro groups is 2. The van der Waals surface area contributed by atoms with E-state index in [4.69, 9.17) is 9.47 Å². The Hall–Kier alpha value is -3.56. The van der Waals surface area contributed by atoms with Crippen molar-refractivity contribution in [2.24, 2.45) is 11.3 Å². The Kier molecular flexibility index (Phi) is 4.12. The molecule has 0 aromatic heterocycles. The molecule has 32 heavy (non-hydrogen) atoms. The molecule has 10 nitrogen and oxygen atoms in total. The lowest BCUT2D eigenvalue weighted by atomic mass is 9.66. The van der Waals surface area contributed by atoms with Crippen molar-refractivity contribution in [3.8, 4) is 11.5 Å². The second kappa shape index (κ2) is 6.47. The highest BCUT2D eigenvalue weighted by Gasteiger charge is 2.65. The monoisotopic (exact) mass is 440 g/mol. The maximum Gasteiger partial charge on any atom is 0.271 e. The molecule has 2 heterocycles. The van der Waals surface area contributed by atoms with Crippen LogP contribution in [0.3, 0.4) is 0 Å². The number of non-ortho nitro benzene ring substituents is 2. The van der Waals surface area contributed by atoms with E-state index in [-0.39, 0.29) is 22.7 Å². The number of hydrogen-bond donors (Lipinski definition) is 2. The van der Waals surface area contributed by atoms with Gasteiger partial charge in [0.05, 0.1) is 21.2 Å². The van der Waals surface area contributed by atoms with Crippen molar-refractivity contribution >= 4 is 22.7 Å². The first-order chi connectivity index (χ1) is 15.0. The zero-order valence-corrected chi connectivity index (χ0v) is 18.0. The first-order valence-corrected chi connectivity index (χ1v) is 10.5. The zero-order valence-electron chi connectivity index (χ0n) is 18.0. The summed E-state index contributed by atoms with van der Waals surface area (Å²) in [5.74, 6) is 1.21. The van der Waals surface area contributed by atoms with Crippen molar-refractivity contribution in [3.63, 3.8) is 0 Å². The minimum atomic E-state index is -1.05. The SMILES string of the molecule is CC(C)(C)[C@@H]1CC[C@]23Nc4cc([N+](=O)[O-])ccc4O[C@@]2(C1)Nc1cc([N+](=O)[O-])ccc1O3. The molecule has 0 unspecified atom stereocenters. The lowest BCUT2D eigenvalue weighted by Crippen LogP contribution is -2.75. The van der Waals surface area contributed by atoms with Crippen molar-refractivity contribution in [3.05, 3.63) is 56.6 Å². The predicted molar refractivity (Wildman–Crippen MR) is 117 cm³/mol. The Morgan fingerprint density at radius 3 is 1.91 bits per heavy atom. The van der Waals surface area contributed by atoms with Gasteiger partial charge in [0.1, 0.15) is 11.5 Å². The molecule has 2 N–H and O–H groups in total. The van der Waals surface area contributed by atoms with Crippen LogP contribution < -0.4 is 20.1 Å². The Labute approximate surface area is 184 Å². The third kappa shape index (κ3) is 2.93. The zero-order chi connectivity index (χ0) is 22.9. The molecule has 0 saturated heterocycles. The van der Waals surface area contributed by atoms with Gasteiger partial charge in [0.15, 0.2) is 0 Å². The summed E-state index contributed by atoms with van der Waals surface area (Å²) in [5, 5.41) is 29.4. The molecule has 2 aromatic carbocycles. The minimum absolute atomic E-state index is 0.00463. The van der Waals surface area contributed by atoms with Crippen LogP contribution in [0, 0.1) is 31.6 Å². The number of nitrogens with zero attached hydrogens (tertiary/aromatic N) is 2. The summed E-state index contributed by atoms with van der Waals surface area (Å²) in [6.45, 7) is 6.53. The number of rotatable bonds is 2. The minimum Gasteiger partial charge on any atom is -0.460 e. The van der Waals surface area contributed by atoms with E-state index in [1.54, 1.807) is 12.1 Å². The normalized spacial score (nSPS) is 27.7. The summed E-state index contributed by atoms with van der Waals surface area (Å²) >= 11 is 0. The van der Waals surface area contributed by atoms with Crippen LogP contribution in [0.1, 0.15) is 40.0 Å². The average molecular weight is 440 g/mol. The van der Waals surface area contributed by atoms with Crippen LogP contribution in [-0.2, 0) is 0 Å². The highest BCUT2D eigenvalue weighted by atomic mass is 16.6. The molecule has 168 valence electrons. The number of nitrogens with one attached hydrogen (secondary N) is 2. The molecule has 0 amide bonds. The Morgan fingerprint density at radius 2 is 1.41 bits per heavy atom. The summed E-state index contributed by atoms with van der Waals surface area (Å²) < 4.78 is 13.0. The van der Waals surface area contributed by atoms with Crippen molar-refractivity contribution in [2.75, 3.05) is 10.6 Å². The molecule has 5 rings (SSSR count). The summed E-state index contributed by atoms with van der Waals surface area (Å²) in [4.78, 5) is 21.7. The van der Waals surface area contributed by atoms with E-state index in [0.29, 0.717) is 35.7 Å². The van der Waals surface area contributed by atoms with E-state index in [1.165, 1.54) is 24.3 Å². The maximum absolute atomic E-state index is 11.3. The summed E-state index contributed by atoms with van der Waals surface area (Å²) in [7, 11) is 0. The second-order valence-corrected chi connectivity index (χ2v) is 9.79. The molecule has 0 radical (unpaired) electrons. The van der Waals surface area contributed by atoms with Gasteiger partial charge < -0.3 is 20.1 Å². The van der Waals surface area contributed by atoms with Crippen LogP contribution in [0.5, 0.6) is 11.5 Å². The molecule has 0 spiro atoms. The van der Waals surface area contributed by atoms with Crippen molar-refractivity contribution in [1.29, 1.82) is 0 Å². The topological polar surface area (TPSA) is 129 Å². The van der Waals surface area contributed by atoms with Crippen LogP contribution >= 0.6 is 0 Å². The molecular formula is C22H24N4O6. The fraction of sp³-hybridized carbons (Fsp3) is 0.455. The Morgan fingerprint density at radius 1 is 0.906 bits per heavy atom. The highest BCUT2D eigenvalue weighted by molar-refractivity contribution is 5.70. The lowest BCUT2D eigenvalue weighted by Gasteiger charge is -2.60. The second-order valence-electron chi connectivity index (χ2n) is 9.79. The standard InChI is InChI=1S/C22H24N4O6/c1-20(2,3)13-8-9-21-22(12-13,24-17-11-15(26(29)30)4-6-18(17)31-21)32-19-7-5-14(25(27)28)10-16(19)23-21/h4-7,10-11,13,23-24H,8-9,12H2,1-3H3/t13-,21-,22-/m1/s1. The van der Waals surface area contributed by atoms with Gasteiger partial charge in [-0.25, -0.2) is 0 Å². The molecular weight excluding hydrogens is 416 g/mol. The molecule has 3 atom stereocenters. The molecule has 10 heteroatoms. The highest BCUT2D eigenvalue weighted by Crippen LogP contribution is 2.57. The average Bonchev–Trinajstić information content (AvgIpc) is 2.72.